The Kier molecular flexibility index (Phi) is 4.47. The Morgan fingerprint density at radius 3 is 1.94 bits per heavy atom. The summed E-state index contributed by atoms with van der Waals surface area (Å²) in [5.74, 6) is -0.889. The third-order valence-corrected chi connectivity index (χ3v) is 2.10. The number of phenols is 1. The zero-order valence-electron chi connectivity index (χ0n) is 9.30. The van der Waals surface area contributed by atoms with Gasteiger partial charge in [-0.05, 0) is 17.7 Å². The quantitative estimate of drug-likeness (QED) is 0.599. The molecule has 0 aromatic heterocycles. The normalized spacial score (nSPS) is 10.4. The summed E-state index contributed by atoms with van der Waals surface area (Å²) >= 11 is 0. The Morgan fingerprint density at radius 2 is 1.53 bits per heavy atom. The van der Waals surface area contributed by atoms with Crippen LogP contribution in [0.15, 0.2) is 24.3 Å². The summed E-state index contributed by atoms with van der Waals surface area (Å²) in [5.41, 5.74) is 11.0. The van der Waals surface area contributed by atoms with E-state index in [1.54, 1.807) is 12.1 Å². The summed E-state index contributed by atoms with van der Waals surface area (Å²) < 4.78 is 0. The standard InChI is InChI=1S/C11H15N3O3/c12-10(16)6-14(7-11(13)17)5-8-1-3-9(15)4-2-8/h1-4,15H,5-7H2,(H2,12,16)(H2,13,17). The molecule has 0 radical (unpaired) electrons. The van der Waals surface area contributed by atoms with Gasteiger partial charge in [-0.1, -0.05) is 12.1 Å². The number of phenolic OH excluding ortho intramolecular Hbond substituents is 1. The van der Waals surface area contributed by atoms with Crippen molar-refractivity contribution >= 4 is 11.8 Å². The Labute approximate surface area is 98.8 Å². The van der Waals surface area contributed by atoms with Crippen LogP contribution in [0.2, 0.25) is 0 Å². The highest BCUT2D eigenvalue weighted by Crippen LogP contribution is 2.11. The van der Waals surface area contributed by atoms with Gasteiger partial charge in [0.2, 0.25) is 11.8 Å². The molecule has 6 heteroatoms. The molecule has 6 nitrogen and oxygen atoms in total. The molecule has 0 aliphatic carbocycles. The molecular formula is C11H15N3O3. The summed E-state index contributed by atoms with van der Waals surface area (Å²) in [7, 11) is 0. The van der Waals surface area contributed by atoms with Crippen molar-refractivity contribution in [1.29, 1.82) is 0 Å². The minimum atomic E-state index is -0.523. The Hall–Kier alpha value is -2.08. The molecule has 0 aliphatic rings. The minimum Gasteiger partial charge on any atom is -0.508 e. The summed E-state index contributed by atoms with van der Waals surface area (Å²) in [6, 6.07) is 6.46. The molecule has 92 valence electrons. The van der Waals surface area contributed by atoms with Gasteiger partial charge in [-0.25, -0.2) is 0 Å². The van der Waals surface area contributed by atoms with Crippen LogP contribution in [-0.2, 0) is 16.1 Å². The zero-order chi connectivity index (χ0) is 12.8. The number of hydrogen-bond acceptors (Lipinski definition) is 4. The fourth-order valence-corrected chi connectivity index (χ4v) is 1.47. The van der Waals surface area contributed by atoms with Crippen LogP contribution >= 0.6 is 0 Å². The first kappa shape index (κ1) is 13.0. The molecule has 0 heterocycles. The highest BCUT2D eigenvalue weighted by molar-refractivity contribution is 5.79. The SMILES string of the molecule is NC(=O)CN(CC(N)=O)Cc1ccc(O)cc1. The smallest absolute Gasteiger partial charge is 0.231 e. The van der Waals surface area contributed by atoms with E-state index in [-0.39, 0.29) is 18.8 Å². The molecule has 0 unspecified atom stereocenters. The second-order valence-corrected chi connectivity index (χ2v) is 3.74. The van der Waals surface area contributed by atoms with E-state index >= 15 is 0 Å². The minimum absolute atomic E-state index is 0.0379. The van der Waals surface area contributed by atoms with Gasteiger partial charge in [-0.2, -0.15) is 0 Å². The van der Waals surface area contributed by atoms with Crippen LogP contribution in [0.5, 0.6) is 5.75 Å². The van der Waals surface area contributed by atoms with Crippen molar-refractivity contribution in [3.8, 4) is 5.75 Å². The molecule has 0 aliphatic heterocycles. The number of rotatable bonds is 6. The van der Waals surface area contributed by atoms with E-state index in [2.05, 4.69) is 0 Å². The van der Waals surface area contributed by atoms with E-state index in [1.807, 2.05) is 0 Å². The van der Waals surface area contributed by atoms with E-state index in [4.69, 9.17) is 16.6 Å². The number of hydrogen-bond donors (Lipinski definition) is 3. The largest absolute Gasteiger partial charge is 0.508 e. The Balaban J connectivity index is 2.67. The van der Waals surface area contributed by atoms with Crippen molar-refractivity contribution in [1.82, 2.24) is 4.90 Å². The second kappa shape index (κ2) is 5.86. The molecule has 0 spiro atoms. The monoisotopic (exact) mass is 237 g/mol. The van der Waals surface area contributed by atoms with E-state index in [1.165, 1.54) is 17.0 Å². The van der Waals surface area contributed by atoms with E-state index in [9.17, 15) is 9.59 Å². The molecule has 17 heavy (non-hydrogen) atoms. The predicted molar refractivity (Wildman–Crippen MR) is 61.8 cm³/mol. The second-order valence-electron chi connectivity index (χ2n) is 3.74. The maximum atomic E-state index is 10.8. The van der Waals surface area contributed by atoms with Crippen molar-refractivity contribution in [3.05, 3.63) is 29.8 Å². The number of nitrogens with zero attached hydrogens (tertiary/aromatic N) is 1. The van der Waals surface area contributed by atoms with Crippen LogP contribution in [-0.4, -0.2) is 34.9 Å². The van der Waals surface area contributed by atoms with Gasteiger partial charge in [-0.15, -0.1) is 0 Å². The van der Waals surface area contributed by atoms with Crippen LogP contribution in [0, 0.1) is 0 Å². The van der Waals surface area contributed by atoms with Gasteiger partial charge >= 0.3 is 0 Å². The fraction of sp³-hybridized carbons (Fsp3) is 0.273. The van der Waals surface area contributed by atoms with Crippen LogP contribution in [0.1, 0.15) is 5.56 Å². The molecule has 0 fully saturated rings. The maximum Gasteiger partial charge on any atom is 0.231 e. The van der Waals surface area contributed by atoms with Gasteiger partial charge in [-0.3, -0.25) is 14.5 Å². The Bertz CT molecular complexity index is 387. The van der Waals surface area contributed by atoms with Crippen molar-refractivity contribution in [2.75, 3.05) is 13.1 Å². The highest BCUT2D eigenvalue weighted by Gasteiger charge is 2.11. The van der Waals surface area contributed by atoms with Gasteiger partial charge in [0.25, 0.3) is 0 Å². The lowest BCUT2D eigenvalue weighted by Crippen LogP contribution is -2.39. The summed E-state index contributed by atoms with van der Waals surface area (Å²) in [5, 5.41) is 9.12. The Morgan fingerprint density at radius 1 is 1.06 bits per heavy atom. The predicted octanol–water partition coefficient (Wildman–Crippen LogP) is -0.835. The third kappa shape index (κ3) is 4.98. The molecular weight excluding hydrogens is 222 g/mol. The van der Waals surface area contributed by atoms with Gasteiger partial charge in [0, 0.05) is 6.54 Å². The lowest BCUT2D eigenvalue weighted by Gasteiger charge is -2.18. The number of benzene rings is 1. The van der Waals surface area contributed by atoms with Crippen molar-refractivity contribution in [2.45, 2.75) is 6.54 Å². The number of primary amides is 2. The topological polar surface area (TPSA) is 110 Å². The van der Waals surface area contributed by atoms with Crippen molar-refractivity contribution < 1.29 is 14.7 Å². The van der Waals surface area contributed by atoms with E-state index in [0.29, 0.717) is 6.54 Å². The first-order chi connectivity index (χ1) is 7.97. The molecule has 1 aromatic carbocycles. The molecule has 0 saturated heterocycles. The average Bonchev–Trinajstić information content (AvgIpc) is 2.19. The molecule has 1 aromatic rings. The summed E-state index contributed by atoms with van der Waals surface area (Å²) in [6.45, 7) is 0.291. The first-order valence-electron chi connectivity index (χ1n) is 5.04. The van der Waals surface area contributed by atoms with Crippen LogP contribution in [0.4, 0.5) is 0 Å². The molecule has 5 N–H and O–H groups in total. The van der Waals surface area contributed by atoms with Crippen LogP contribution in [0.3, 0.4) is 0 Å². The van der Waals surface area contributed by atoms with Crippen LogP contribution in [0.25, 0.3) is 0 Å². The lowest BCUT2D eigenvalue weighted by atomic mass is 10.2. The van der Waals surface area contributed by atoms with Crippen molar-refractivity contribution in [2.24, 2.45) is 11.5 Å². The van der Waals surface area contributed by atoms with Gasteiger partial charge in [0.05, 0.1) is 13.1 Å². The van der Waals surface area contributed by atoms with Gasteiger partial charge in [0.15, 0.2) is 0 Å². The number of carbonyl (C=O) groups excluding carboxylic acids is 2. The highest BCUT2D eigenvalue weighted by atomic mass is 16.3. The zero-order valence-corrected chi connectivity index (χ0v) is 9.30. The number of carbonyl (C=O) groups is 2. The average molecular weight is 237 g/mol. The summed E-state index contributed by atoms with van der Waals surface area (Å²) in [6.07, 6.45) is 0. The van der Waals surface area contributed by atoms with E-state index in [0.717, 1.165) is 5.56 Å². The number of nitrogens with two attached hydrogens (primary N) is 2. The fourth-order valence-electron chi connectivity index (χ4n) is 1.47. The maximum absolute atomic E-state index is 10.8. The van der Waals surface area contributed by atoms with Gasteiger partial charge < -0.3 is 16.6 Å². The molecule has 0 bridgehead atoms. The van der Waals surface area contributed by atoms with E-state index < -0.39 is 11.8 Å². The lowest BCUT2D eigenvalue weighted by molar-refractivity contribution is -0.122. The summed E-state index contributed by atoms with van der Waals surface area (Å²) in [4.78, 5) is 23.2. The first-order valence-corrected chi connectivity index (χ1v) is 5.04. The number of amides is 2. The number of aromatic hydroxyl groups is 1. The molecule has 0 atom stereocenters. The molecule has 1 rings (SSSR count). The third-order valence-electron chi connectivity index (χ3n) is 2.10. The van der Waals surface area contributed by atoms with Crippen molar-refractivity contribution in [3.63, 3.8) is 0 Å². The van der Waals surface area contributed by atoms with Crippen LogP contribution < -0.4 is 11.5 Å². The molecule has 2 amide bonds. The van der Waals surface area contributed by atoms with Gasteiger partial charge in [0.1, 0.15) is 5.75 Å². The molecule has 0 saturated carbocycles.